The molecule has 2 atom stereocenters. The van der Waals surface area contributed by atoms with Crippen molar-refractivity contribution in [2.24, 2.45) is 0 Å². The van der Waals surface area contributed by atoms with E-state index in [1.165, 1.54) is 0 Å². The molecule has 2 unspecified atom stereocenters. The van der Waals surface area contributed by atoms with Crippen molar-refractivity contribution in [3.8, 4) is 6.07 Å². The SMILES string of the molecule is CC1=CC=CC(C)(c2cccc(C#N)c2)N1CC(C)(O)CO. The van der Waals surface area contributed by atoms with Crippen molar-refractivity contribution in [1.29, 1.82) is 5.26 Å². The molecule has 0 fully saturated rings. The van der Waals surface area contributed by atoms with Crippen molar-refractivity contribution in [1.82, 2.24) is 4.90 Å². The van der Waals surface area contributed by atoms with Crippen LogP contribution in [0.5, 0.6) is 0 Å². The molecule has 1 aromatic rings. The normalized spacial score (nSPS) is 23.6. The quantitative estimate of drug-likeness (QED) is 0.895. The average molecular weight is 298 g/mol. The Morgan fingerprint density at radius 1 is 1.41 bits per heavy atom. The fourth-order valence-electron chi connectivity index (χ4n) is 2.76. The van der Waals surface area contributed by atoms with Gasteiger partial charge in [0.2, 0.25) is 0 Å². The van der Waals surface area contributed by atoms with Crippen LogP contribution in [0, 0.1) is 11.3 Å². The third kappa shape index (κ3) is 3.06. The molecule has 0 bridgehead atoms. The predicted octanol–water partition coefficient (Wildman–Crippen LogP) is 2.29. The van der Waals surface area contributed by atoms with Gasteiger partial charge in [-0.1, -0.05) is 24.3 Å². The Morgan fingerprint density at radius 3 is 2.77 bits per heavy atom. The van der Waals surface area contributed by atoms with Crippen LogP contribution in [0.1, 0.15) is 31.9 Å². The fraction of sp³-hybridized carbons (Fsp3) is 0.389. The summed E-state index contributed by atoms with van der Waals surface area (Å²) in [6.45, 7) is 5.62. The number of rotatable bonds is 4. The summed E-state index contributed by atoms with van der Waals surface area (Å²) in [4.78, 5) is 2.06. The number of aliphatic hydroxyl groups is 2. The van der Waals surface area contributed by atoms with Crippen molar-refractivity contribution in [2.75, 3.05) is 13.2 Å². The van der Waals surface area contributed by atoms with E-state index in [1.54, 1.807) is 13.0 Å². The average Bonchev–Trinajstić information content (AvgIpc) is 2.51. The van der Waals surface area contributed by atoms with Crippen LogP contribution in [0.4, 0.5) is 0 Å². The van der Waals surface area contributed by atoms with Crippen molar-refractivity contribution >= 4 is 0 Å². The Hall–Kier alpha value is -2.09. The minimum absolute atomic E-state index is 0.295. The van der Waals surface area contributed by atoms with Gasteiger partial charge >= 0.3 is 0 Å². The lowest BCUT2D eigenvalue weighted by atomic mass is 9.85. The van der Waals surface area contributed by atoms with Crippen LogP contribution >= 0.6 is 0 Å². The van der Waals surface area contributed by atoms with Crippen molar-refractivity contribution in [3.63, 3.8) is 0 Å². The minimum atomic E-state index is -1.20. The second kappa shape index (κ2) is 5.96. The molecule has 0 aliphatic carbocycles. The Kier molecular flexibility index (Phi) is 4.41. The highest BCUT2D eigenvalue weighted by Gasteiger charge is 2.37. The fourth-order valence-corrected chi connectivity index (χ4v) is 2.76. The number of β-amino-alcohol motifs (C(OH)–C–C–N with tert-alkyl or cyclic N) is 1. The summed E-state index contributed by atoms with van der Waals surface area (Å²) in [5.74, 6) is 0. The van der Waals surface area contributed by atoms with Gasteiger partial charge in [-0.2, -0.15) is 5.26 Å². The van der Waals surface area contributed by atoms with Gasteiger partial charge in [-0.05, 0) is 44.5 Å². The van der Waals surface area contributed by atoms with Gasteiger partial charge in [0.05, 0.1) is 23.8 Å². The highest BCUT2D eigenvalue weighted by atomic mass is 16.3. The van der Waals surface area contributed by atoms with Crippen LogP contribution in [-0.4, -0.2) is 33.9 Å². The number of nitrogens with zero attached hydrogens (tertiary/aromatic N) is 2. The van der Waals surface area contributed by atoms with Crippen molar-refractivity contribution in [2.45, 2.75) is 31.9 Å². The van der Waals surface area contributed by atoms with Gasteiger partial charge in [0, 0.05) is 12.2 Å². The molecule has 116 valence electrons. The number of nitriles is 1. The number of hydrogen-bond donors (Lipinski definition) is 2. The zero-order valence-electron chi connectivity index (χ0n) is 13.2. The van der Waals surface area contributed by atoms with E-state index in [0.29, 0.717) is 12.1 Å². The molecular weight excluding hydrogens is 276 g/mol. The molecular formula is C18H22N2O2. The van der Waals surface area contributed by atoms with Crippen LogP contribution in [0.15, 0.2) is 48.2 Å². The maximum atomic E-state index is 10.3. The van der Waals surface area contributed by atoms with E-state index in [1.807, 2.05) is 50.3 Å². The molecule has 0 saturated carbocycles. The van der Waals surface area contributed by atoms with Gasteiger partial charge in [0.25, 0.3) is 0 Å². The number of hydrogen-bond acceptors (Lipinski definition) is 4. The Balaban J connectivity index is 2.47. The molecule has 0 spiro atoms. The second-order valence-electron chi connectivity index (χ2n) is 6.25. The summed E-state index contributed by atoms with van der Waals surface area (Å²) in [5, 5.41) is 28.8. The maximum Gasteiger partial charge on any atom is 0.102 e. The highest BCUT2D eigenvalue weighted by Crippen LogP contribution is 2.36. The largest absolute Gasteiger partial charge is 0.393 e. The van der Waals surface area contributed by atoms with E-state index in [4.69, 9.17) is 5.26 Å². The van der Waals surface area contributed by atoms with Crippen LogP contribution in [0.2, 0.25) is 0 Å². The topological polar surface area (TPSA) is 67.5 Å². The van der Waals surface area contributed by atoms with Crippen LogP contribution in [0.25, 0.3) is 0 Å². The first-order valence-corrected chi connectivity index (χ1v) is 7.30. The smallest absolute Gasteiger partial charge is 0.102 e. The van der Waals surface area contributed by atoms with E-state index >= 15 is 0 Å². The molecule has 1 aromatic carbocycles. The molecule has 22 heavy (non-hydrogen) atoms. The van der Waals surface area contributed by atoms with Gasteiger partial charge in [-0.25, -0.2) is 0 Å². The summed E-state index contributed by atoms with van der Waals surface area (Å²) in [6, 6.07) is 9.64. The molecule has 2 rings (SSSR count). The predicted molar refractivity (Wildman–Crippen MR) is 85.8 cm³/mol. The zero-order valence-corrected chi connectivity index (χ0v) is 13.2. The first-order chi connectivity index (χ1) is 10.3. The van der Waals surface area contributed by atoms with Crippen molar-refractivity contribution in [3.05, 3.63) is 59.3 Å². The van der Waals surface area contributed by atoms with E-state index in [9.17, 15) is 10.2 Å². The molecule has 4 heteroatoms. The first-order valence-electron chi connectivity index (χ1n) is 7.30. The number of benzene rings is 1. The highest BCUT2D eigenvalue weighted by molar-refractivity contribution is 5.41. The molecule has 1 heterocycles. The molecule has 0 amide bonds. The summed E-state index contributed by atoms with van der Waals surface area (Å²) < 4.78 is 0. The molecule has 4 nitrogen and oxygen atoms in total. The first kappa shape index (κ1) is 16.3. The zero-order chi connectivity index (χ0) is 16.4. The van der Waals surface area contributed by atoms with Gasteiger partial charge < -0.3 is 15.1 Å². The van der Waals surface area contributed by atoms with Crippen LogP contribution in [0.3, 0.4) is 0 Å². The summed E-state index contributed by atoms with van der Waals surface area (Å²) in [6.07, 6.45) is 6.01. The maximum absolute atomic E-state index is 10.3. The number of aliphatic hydroxyl groups excluding tert-OH is 1. The lowest BCUT2D eigenvalue weighted by Crippen LogP contribution is -2.51. The van der Waals surface area contributed by atoms with Gasteiger partial charge in [-0.3, -0.25) is 0 Å². The molecule has 0 saturated heterocycles. The van der Waals surface area contributed by atoms with Crippen LogP contribution < -0.4 is 0 Å². The Morgan fingerprint density at radius 2 is 2.14 bits per heavy atom. The third-order valence-electron chi connectivity index (χ3n) is 4.16. The van der Waals surface area contributed by atoms with Crippen molar-refractivity contribution < 1.29 is 10.2 Å². The second-order valence-corrected chi connectivity index (χ2v) is 6.25. The molecule has 0 radical (unpaired) electrons. The summed E-state index contributed by atoms with van der Waals surface area (Å²) in [7, 11) is 0. The van der Waals surface area contributed by atoms with E-state index in [0.717, 1.165) is 11.3 Å². The number of allylic oxidation sites excluding steroid dienone is 3. The van der Waals surface area contributed by atoms with E-state index in [2.05, 4.69) is 11.0 Å². The lowest BCUT2D eigenvalue weighted by molar-refractivity contribution is -0.0340. The monoisotopic (exact) mass is 298 g/mol. The van der Waals surface area contributed by atoms with Gasteiger partial charge in [0.1, 0.15) is 5.60 Å². The minimum Gasteiger partial charge on any atom is -0.393 e. The third-order valence-corrected chi connectivity index (χ3v) is 4.16. The van der Waals surface area contributed by atoms with Crippen LogP contribution in [-0.2, 0) is 5.54 Å². The summed E-state index contributed by atoms with van der Waals surface area (Å²) in [5.41, 5.74) is 0.900. The molecule has 1 aliphatic rings. The molecule has 2 N–H and O–H groups in total. The lowest BCUT2D eigenvalue weighted by Gasteiger charge is -2.46. The van der Waals surface area contributed by atoms with Gasteiger partial charge in [-0.15, -0.1) is 0 Å². The Bertz CT molecular complexity index is 655. The standard InChI is InChI=1S/C18H22N2O2/c1-14-6-5-9-18(3,20(14)12-17(2,22)13-21)16-8-4-7-15(10-16)11-19/h4-10,21-22H,12-13H2,1-3H3. The van der Waals surface area contributed by atoms with E-state index < -0.39 is 11.1 Å². The molecule has 0 aromatic heterocycles. The summed E-state index contributed by atoms with van der Waals surface area (Å²) >= 11 is 0. The Labute approximate surface area is 131 Å². The molecule has 1 aliphatic heterocycles. The van der Waals surface area contributed by atoms with Gasteiger partial charge in [0.15, 0.2) is 0 Å². The van der Waals surface area contributed by atoms with E-state index in [-0.39, 0.29) is 6.61 Å².